The molecule has 7 heteroatoms. The van der Waals surface area contributed by atoms with Crippen molar-refractivity contribution in [3.05, 3.63) is 29.8 Å². The molecule has 1 aromatic rings. The number of carbonyl (C=O) groups is 1. The Labute approximate surface area is 121 Å². The summed E-state index contributed by atoms with van der Waals surface area (Å²) in [4.78, 5) is 15.8. The van der Waals surface area contributed by atoms with Gasteiger partial charge in [0.1, 0.15) is 0 Å². The largest absolute Gasteiger partial charge is 0.418 e. The maximum absolute atomic E-state index is 12.9. The maximum atomic E-state index is 12.9. The number of hydrogen-bond donors (Lipinski definition) is 1. The number of nitrogens with zero attached hydrogens (tertiary/aromatic N) is 2. The second-order valence-electron chi connectivity index (χ2n) is 4.89. The lowest BCUT2D eigenvalue weighted by atomic mass is 10.1. The van der Waals surface area contributed by atoms with Gasteiger partial charge in [-0.3, -0.25) is 0 Å². The zero-order valence-corrected chi connectivity index (χ0v) is 11.8. The van der Waals surface area contributed by atoms with Gasteiger partial charge in [-0.25, -0.2) is 4.79 Å². The second-order valence-corrected chi connectivity index (χ2v) is 4.89. The molecule has 0 saturated carbocycles. The summed E-state index contributed by atoms with van der Waals surface area (Å²) >= 11 is 0. The molecule has 0 spiro atoms. The number of amides is 2. The highest BCUT2D eigenvalue weighted by Gasteiger charge is 2.34. The molecule has 0 aromatic heterocycles. The van der Waals surface area contributed by atoms with E-state index < -0.39 is 17.8 Å². The zero-order valence-electron chi connectivity index (χ0n) is 11.8. The second kappa shape index (κ2) is 6.34. The van der Waals surface area contributed by atoms with E-state index in [0.717, 1.165) is 25.7 Å². The summed E-state index contributed by atoms with van der Waals surface area (Å²) in [5.74, 6) is 0. The van der Waals surface area contributed by atoms with Crippen LogP contribution in [0.4, 0.5) is 23.7 Å². The predicted octanol–water partition coefficient (Wildman–Crippen LogP) is 2.87. The Morgan fingerprint density at radius 2 is 1.81 bits per heavy atom. The van der Waals surface area contributed by atoms with E-state index in [9.17, 15) is 18.0 Å². The molecule has 2 rings (SSSR count). The van der Waals surface area contributed by atoms with Gasteiger partial charge in [0, 0.05) is 26.2 Å². The summed E-state index contributed by atoms with van der Waals surface area (Å²) in [6.07, 6.45) is -4.48. The molecular weight excluding hydrogens is 283 g/mol. The summed E-state index contributed by atoms with van der Waals surface area (Å²) < 4.78 is 38.6. The van der Waals surface area contributed by atoms with E-state index in [0.29, 0.717) is 13.1 Å². The van der Waals surface area contributed by atoms with Crippen molar-refractivity contribution in [2.45, 2.75) is 13.1 Å². The Hall–Kier alpha value is -1.76. The van der Waals surface area contributed by atoms with E-state index in [1.54, 1.807) is 4.90 Å². The molecule has 0 atom stereocenters. The van der Waals surface area contributed by atoms with Gasteiger partial charge in [-0.1, -0.05) is 19.1 Å². The number of benzene rings is 1. The molecule has 0 bridgehead atoms. The third-order valence-electron chi connectivity index (χ3n) is 3.58. The average Bonchev–Trinajstić information content (AvgIpc) is 2.47. The number of carbonyl (C=O) groups excluding carboxylic acids is 1. The number of urea groups is 1. The molecule has 1 aliphatic heterocycles. The molecule has 1 N–H and O–H groups in total. The lowest BCUT2D eigenvalue weighted by Gasteiger charge is -2.34. The van der Waals surface area contributed by atoms with Gasteiger partial charge in [-0.2, -0.15) is 13.2 Å². The third kappa shape index (κ3) is 3.87. The Balaban J connectivity index is 2.04. The molecular formula is C14H18F3N3O. The van der Waals surface area contributed by atoms with Gasteiger partial charge in [0.05, 0.1) is 11.3 Å². The number of nitrogens with one attached hydrogen (secondary N) is 1. The summed E-state index contributed by atoms with van der Waals surface area (Å²) in [5.41, 5.74) is -1.03. The minimum Gasteiger partial charge on any atom is -0.322 e. The van der Waals surface area contributed by atoms with Gasteiger partial charge in [-0.15, -0.1) is 0 Å². The number of hydrogen-bond acceptors (Lipinski definition) is 2. The first-order chi connectivity index (χ1) is 9.91. The Bertz CT molecular complexity index is 496. The van der Waals surface area contributed by atoms with Crippen LogP contribution < -0.4 is 5.32 Å². The van der Waals surface area contributed by atoms with E-state index in [4.69, 9.17) is 0 Å². The fourth-order valence-corrected chi connectivity index (χ4v) is 2.30. The molecule has 116 valence electrons. The van der Waals surface area contributed by atoms with Gasteiger partial charge in [0.15, 0.2) is 0 Å². The lowest BCUT2D eigenvalue weighted by Crippen LogP contribution is -2.49. The van der Waals surface area contributed by atoms with Crippen molar-refractivity contribution in [1.82, 2.24) is 9.80 Å². The zero-order chi connectivity index (χ0) is 15.5. The Morgan fingerprint density at radius 3 is 2.38 bits per heavy atom. The van der Waals surface area contributed by atoms with Crippen LogP contribution in [0.1, 0.15) is 12.5 Å². The van der Waals surface area contributed by atoms with Crippen LogP contribution in [0.25, 0.3) is 0 Å². The van der Waals surface area contributed by atoms with E-state index in [2.05, 4.69) is 10.2 Å². The van der Waals surface area contributed by atoms with E-state index in [-0.39, 0.29) is 5.69 Å². The standard InChI is InChI=1S/C14H18F3N3O/c1-2-19-7-9-20(10-8-19)13(21)18-12-6-4-3-5-11(12)14(15,16)17/h3-6H,2,7-10H2,1H3,(H,18,21). The van der Waals surface area contributed by atoms with Crippen LogP contribution in [0.5, 0.6) is 0 Å². The topological polar surface area (TPSA) is 35.6 Å². The Morgan fingerprint density at radius 1 is 1.19 bits per heavy atom. The third-order valence-corrected chi connectivity index (χ3v) is 3.58. The molecule has 1 heterocycles. The average molecular weight is 301 g/mol. The monoisotopic (exact) mass is 301 g/mol. The van der Waals surface area contributed by atoms with Crippen molar-refractivity contribution in [1.29, 1.82) is 0 Å². The first kappa shape index (κ1) is 15.6. The quantitative estimate of drug-likeness (QED) is 0.911. The molecule has 1 saturated heterocycles. The molecule has 21 heavy (non-hydrogen) atoms. The molecule has 4 nitrogen and oxygen atoms in total. The normalized spacial score (nSPS) is 16.9. The molecule has 1 fully saturated rings. The van der Waals surface area contributed by atoms with Crippen molar-refractivity contribution in [2.75, 3.05) is 38.0 Å². The summed E-state index contributed by atoms with van der Waals surface area (Å²) in [5, 5.41) is 2.37. The van der Waals surface area contributed by atoms with Crippen LogP contribution in [-0.4, -0.2) is 48.6 Å². The fraction of sp³-hybridized carbons (Fsp3) is 0.500. The van der Waals surface area contributed by atoms with E-state index >= 15 is 0 Å². The highest BCUT2D eigenvalue weighted by atomic mass is 19.4. The molecule has 1 aliphatic rings. The minimum absolute atomic E-state index is 0.201. The number of rotatable bonds is 2. The number of piperazine rings is 1. The summed E-state index contributed by atoms with van der Waals surface area (Å²) in [6.45, 7) is 5.47. The van der Waals surface area contributed by atoms with Crippen molar-refractivity contribution in [3.8, 4) is 0 Å². The SMILES string of the molecule is CCN1CCN(C(=O)Nc2ccccc2C(F)(F)F)CC1. The van der Waals surface area contributed by atoms with E-state index in [1.165, 1.54) is 18.2 Å². The molecule has 1 aromatic carbocycles. The number of halogens is 3. The van der Waals surface area contributed by atoms with Gasteiger partial charge in [0.2, 0.25) is 0 Å². The number of likely N-dealkylation sites (N-methyl/N-ethyl adjacent to an activating group) is 1. The fourth-order valence-electron chi connectivity index (χ4n) is 2.30. The molecule has 0 aliphatic carbocycles. The number of para-hydroxylation sites is 1. The van der Waals surface area contributed by atoms with Crippen molar-refractivity contribution < 1.29 is 18.0 Å². The first-order valence-corrected chi connectivity index (χ1v) is 6.86. The first-order valence-electron chi connectivity index (χ1n) is 6.86. The van der Waals surface area contributed by atoms with Crippen molar-refractivity contribution in [2.24, 2.45) is 0 Å². The van der Waals surface area contributed by atoms with Crippen LogP contribution in [0, 0.1) is 0 Å². The van der Waals surface area contributed by atoms with Crippen LogP contribution in [0.3, 0.4) is 0 Å². The number of anilines is 1. The van der Waals surface area contributed by atoms with E-state index in [1.807, 2.05) is 6.92 Å². The maximum Gasteiger partial charge on any atom is 0.418 e. The smallest absolute Gasteiger partial charge is 0.322 e. The summed E-state index contributed by atoms with van der Waals surface area (Å²) in [7, 11) is 0. The van der Waals surface area contributed by atoms with Crippen LogP contribution >= 0.6 is 0 Å². The minimum atomic E-state index is -4.48. The predicted molar refractivity (Wildman–Crippen MR) is 74.1 cm³/mol. The van der Waals surface area contributed by atoms with Gasteiger partial charge < -0.3 is 15.1 Å². The molecule has 2 amide bonds. The van der Waals surface area contributed by atoms with Crippen LogP contribution in [0.15, 0.2) is 24.3 Å². The summed E-state index contributed by atoms with van der Waals surface area (Å²) in [6, 6.07) is 4.52. The molecule has 0 unspecified atom stereocenters. The number of alkyl halides is 3. The highest BCUT2D eigenvalue weighted by Crippen LogP contribution is 2.34. The van der Waals surface area contributed by atoms with Crippen LogP contribution in [0.2, 0.25) is 0 Å². The van der Waals surface area contributed by atoms with Crippen molar-refractivity contribution in [3.63, 3.8) is 0 Å². The lowest BCUT2D eigenvalue weighted by molar-refractivity contribution is -0.136. The van der Waals surface area contributed by atoms with Gasteiger partial charge >= 0.3 is 12.2 Å². The van der Waals surface area contributed by atoms with Crippen molar-refractivity contribution >= 4 is 11.7 Å². The van der Waals surface area contributed by atoms with Crippen LogP contribution in [-0.2, 0) is 6.18 Å². The van der Waals surface area contributed by atoms with Gasteiger partial charge in [-0.05, 0) is 18.7 Å². The Kier molecular flexibility index (Phi) is 4.72. The molecule has 0 radical (unpaired) electrons. The van der Waals surface area contributed by atoms with Gasteiger partial charge in [0.25, 0.3) is 0 Å². The highest BCUT2D eigenvalue weighted by molar-refractivity contribution is 5.90.